The summed E-state index contributed by atoms with van der Waals surface area (Å²) >= 11 is 9.74. The standard InChI is InChI=1S/C17H20BrClN2/c1-3-6-21-17(12(2)13-4-7-20-8-5-13)14-9-15(18)11-16(19)10-14/h4-5,7-12,17,21H,3,6H2,1-2H3. The third kappa shape index (κ3) is 4.53. The summed E-state index contributed by atoms with van der Waals surface area (Å²) in [7, 11) is 0. The molecule has 0 bridgehead atoms. The Balaban J connectivity index is 2.33. The van der Waals surface area contributed by atoms with E-state index in [1.54, 1.807) is 0 Å². The molecule has 1 aromatic heterocycles. The molecular formula is C17H20BrClN2. The molecule has 2 aromatic rings. The van der Waals surface area contributed by atoms with Gasteiger partial charge in [0.15, 0.2) is 0 Å². The molecule has 2 unspecified atom stereocenters. The average Bonchev–Trinajstić information content (AvgIpc) is 2.47. The van der Waals surface area contributed by atoms with Crippen molar-refractivity contribution in [2.75, 3.05) is 6.54 Å². The van der Waals surface area contributed by atoms with Crippen molar-refractivity contribution in [2.24, 2.45) is 0 Å². The maximum atomic E-state index is 6.21. The number of hydrogen-bond donors (Lipinski definition) is 1. The molecule has 4 heteroatoms. The first-order valence-electron chi connectivity index (χ1n) is 7.21. The molecule has 0 amide bonds. The van der Waals surface area contributed by atoms with Crippen molar-refractivity contribution in [3.05, 3.63) is 63.3 Å². The fraction of sp³-hybridized carbons (Fsp3) is 0.353. The lowest BCUT2D eigenvalue weighted by atomic mass is 9.89. The zero-order chi connectivity index (χ0) is 15.2. The molecule has 2 atom stereocenters. The number of halogens is 2. The number of hydrogen-bond acceptors (Lipinski definition) is 2. The molecule has 1 heterocycles. The van der Waals surface area contributed by atoms with Crippen molar-refractivity contribution in [3.63, 3.8) is 0 Å². The molecule has 0 spiro atoms. The van der Waals surface area contributed by atoms with Crippen LogP contribution in [-0.2, 0) is 0 Å². The first-order chi connectivity index (χ1) is 10.1. The fourth-order valence-electron chi connectivity index (χ4n) is 2.50. The molecule has 112 valence electrons. The largest absolute Gasteiger partial charge is 0.309 e. The lowest BCUT2D eigenvalue weighted by Gasteiger charge is -2.26. The van der Waals surface area contributed by atoms with Gasteiger partial charge in [0.1, 0.15) is 0 Å². The van der Waals surface area contributed by atoms with E-state index in [2.05, 4.69) is 58.3 Å². The highest BCUT2D eigenvalue weighted by atomic mass is 79.9. The molecule has 1 aromatic carbocycles. The average molecular weight is 368 g/mol. The summed E-state index contributed by atoms with van der Waals surface area (Å²) in [5.74, 6) is 0.338. The first-order valence-corrected chi connectivity index (χ1v) is 8.38. The van der Waals surface area contributed by atoms with E-state index in [1.165, 1.54) is 11.1 Å². The van der Waals surface area contributed by atoms with Crippen molar-refractivity contribution in [2.45, 2.75) is 32.2 Å². The van der Waals surface area contributed by atoms with Gasteiger partial charge in [0.25, 0.3) is 0 Å². The van der Waals surface area contributed by atoms with Crippen molar-refractivity contribution in [3.8, 4) is 0 Å². The maximum Gasteiger partial charge on any atom is 0.0420 e. The van der Waals surface area contributed by atoms with Gasteiger partial charge >= 0.3 is 0 Å². The minimum absolute atomic E-state index is 0.224. The zero-order valence-corrected chi connectivity index (χ0v) is 14.7. The van der Waals surface area contributed by atoms with E-state index in [1.807, 2.05) is 24.5 Å². The Morgan fingerprint density at radius 2 is 1.90 bits per heavy atom. The van der Waals surface area contributed by atoms with Crippen LogP contribution in [0.5, 0.6) is 0 Å². The fourth-order valence-corrected chi connectivity index (χ4v) is 3.38. The second-order valence-electron chi connectivity index (χ2n) is 5.20. The van der Waals surface area contributed by atoms with Crippen LogP contribution in [0.25, 0.3) is 0 Å². The van der Waals surface area contributed by atoms with Crippen molar-refractivity contribution in [1.29, 1.82) is 0 Å². The highest BCUT2D eigenvalue weighted by Crippen LogP contribution is 2.33. The number of aromatic nitrogens is 1. The van der Waals surface area contributed by atoms with Gasteiger partial charge in [-0.3, -0.25) is 4.98 Å². The summed E-state index contributed by atoms with van der Waals surface area (Å²) in [6, 6.07) is 10.5. The zero-order valence-electron chi connectivity index (χ0n) is 12.3. The molecule has 0 fully saturated rings. The van der Waals surface area contributed by atoms with E-state index in [4.69, 9.17) is 11.6 Å². The lowest BCUT2D eigenvalue weighted by molar-refractivity contribution is 0.466. The number of nitrogens with one attached hydrogen (secondary N) is 1. The van der Waals surface area contributed by atoms with Gasteiger partial charge < -0.3 is 5.32 Å². The van der Waals surface area contributed by atoms with Crippen LogP contribution in [0.15, 0.2) is 47.2 Å². The normalized spacial score (nSPS) is 13.9. The Morgan fingerprint density at radius 1 is 1.19 bits per heavy atom. The predicted molar refractivity (Wildman–Crippen MR) is 92.8 cm³/mol. The highest BCUT2D eigenvalue weighted by molar-refractivity contribution is 9.10. The second-order valence-corrected chi connectivity index (χ2v) is 6.56. The number of pyridine rings is 1. The molecule has 1 N–H and O–H groups in total. The molecule has 0 saturated heterocycles. The van der Waals surface area contributed by atoms with Gasteiger partial charge in [-0.2, -0.15) is 0 Å². The van der Waals surface area contributed by atoms with E-state index in [0.29, 0.717) is 5.92 Å². The summed E-state index contributed by atoms with van der Waals surface area (Å²) in [5, 5.41) is 4.39. The summed E-state index contributed by atoms with van der Waals surface area (Å²) in [4.78, 5) is 4.10. The van der Waals surface area contributed by atoms with Gasteiger partial charge in [0, 0.05) is 33.8 Å². The second kappa shape index (κ2) is 7.92. The van der Waals surface area contributed by atoms with Crippen molar-refractivity contribution in [1.82, 2.24) is 10.3 Å². The van der Waals surface area contributed by atoms with E-state index in [9.17, 15) is 0 Å². The van der Waals surface area contributed by atoms with Crippen LogP contribution >= 0.6 is 27.5 Å². The smallest absolute Gasteiger partial charge is 0.0420 e. The van der Waals surface area contributed by atoms with Gasteiger partial charge in [-0.05, 0) is 54.4 Å². The third-order valence-corrected chi connectivity index (χ3v) is 4.27. The van der Waals surface area contributed by atoms with E-state index >= 15 is 0 Å². The van der Waals surface area contributed by atoms with Gasteiger partial charge in [0.05, 0.1) is 0 Å². The Bertz CT molecular complexity index is 554. The number of nitrogens with zero attached hydrogens (tertiary/aromatic N) is 1. The molecule has 0 saturated carbocycles. The van der Waals surface area contributed by atoms with Gasteiger partial charge in [-0.25, -0.2) is 0 Å². The van der Waals surface area contributed by atoms with Crippen LogP contribution in [0.2, 0.25) is 5.02 Å². The molecule has 0 radical (unpaired) electrons. The van der Waals surface area contributed by atoms with Gasteiger partial charge in [-0.1, -0.05) is 41.4 Å². The molecular weight excluding hydrogens is 348 g/mol. The molecule has 2 nitrogen and oxygen atoms in total. The quantitative estimate of drug-likeness (QED) is 0.745. The topological polar surface area (TPSA) is 24.9 Å². The van der Waals surface area contributed by atoms with Crippen LogP contribution < -0.4 is 5.32 Å². The summed E-state index contributed by atoms with van der Waals surface area (Å²) in [6.07, 6.45) is 4.79. The van der Waals surface area contributed by atoms with E-state index in [-0.39, 0.29) is 6.04 Å². The molecule has 0 aliphatic heterocycles. The SMILES string of the molecule is CCCNC(c1cc(Cl)cc(Br)c1)C(C)c1ccncc1. The van der Waals surface area contributed by atoms with Crippen LogP contribution in [-0.4, -0.2) is 11.5 Å². The third-order valence-electron chi connectivity index (χ3n) is 3.59. The first kappa shape index (κ1) is 16.5. The van der Waals surface area contributed by atoms with E-state index in [0.717, 1.165) is 22.5 Å². The van der Waals surface area contributed by atoms with E-state index < -0.39 is 0 Å². The number of rotatable bonds is 6. The lowest BCUT2D eigenvalue weighted by Crippen LogP contribution is -2.26. The summed E-state index contributed by atoms with van der Waals surface area (Å²) in [5.41, 5.74) is 2.47. The predicted octanol–water partition coefficient (Wildman–Crippen LogP) is 5.34. The van der Waals surface area contributed by atoms with Crippen LogP contribution in [0.1, 0.15) is 43.4 Å². The minimum atomic E-state index is 0.224. The number of benzene rings is 1. The van der Waals surface area contributed by atoms with Gasteiger partial charge in [0.2, 0.25) is 0 Å². The molecule has 0 aliphatic rings. The van der Waals surface area contributed by atoms with Crippen molar-refractivity contribution < 1.29 is 0 Å². The minimum Gasteiger partial charge on any atom is -0.309 e. The molecule has 0 aliphatic carbocycles. The Kier molecular flexibility index (Phi) is 6.22. The van der Waals surface area contributed by atoms with Gasteiger partial charge in [-0.15, -0.1) is 0 Å². The van der Waals surface area contributed by atoms with Crippen LogP contribution in [0.4, 0.5) is 0 Å². The van der Waals surface area contributed by atoms with Crippen LogP contribution in [0, 0.1) is 0 Å². The van der Waals surface area contributed by atoms with Crippen LogP contribution in [0.3, 0.4) is 0 Å². The Labute approximate surface area is 140 Å². The maximum absolute atomic E-state index is 6.21. The summed E-state index contributed by atoms with van der Waals surface area (Å²) < 4.78 is 1.01. The monoisotopic (exact) mass is 366 g/mol. The Morgan fingerprint density at radius 3 is 2.52 bits per heavy atom. The Hall–Kier alpha value is -0.900. The molecule has 21 heavy (non-hydrogen) atoms. The summed E-state index contributed by atoms with van der Waals surface area (Å²) in [6.45, 7) is 5.39. The molecule has 2 rings (SSSR count). The van der Waals surface area contributed by atoms with Crippen molar-refractivity contribution >= 4 is 27.5 Å². The highest BCUT2D eigenvalue weighted by Gasteiger charge is 2.21.